The van der Waals surface area contributed by atoms with E-state index in [9.17, 15) is 9.59 Å². The minimum Gasteiger partial charge on any atom is -0.475 e. The number of amides is 2. The number of benzene rings is 1. The molecular weight excluding hydrogens is 382 g/mol. The number of pyridine rings is 1. The number of rotatable bonds is 6. The summed E-state index contributed by atoms with van der Waals surface area (Å²) in [6.45, 7) is 0.857. The predicted octanol–water partition coefficient (Wildman–Crippen LogP) is 1.63. The van der Waals surface area contributed by atoms with Crippen LogP contribution in [0.25, 0.3) is 0 Å². The van der Waals surface area contributed by atoms with Gasteiger partial charge in [-0.15, -0.1) is 0 Å². The van der Waals surface area contributed by atoms with Crippen molar-refractivity contribution >= 4 is 11.8 Å². The number of aromatic nitrogens is 3. The van der Waals surface area contributed by atoms with Gasteiger partial charge in [-0.2, -0.15) is 0 Å². The third kappa shape index (κ3) is 4.60. The molecule has 1 N–H and O–H groups in total. The second-order valence-corrected chi connectivity index (χ2v) is 6.93. The third-order valence-electron chi connectivity index (χ3n) is 4.82. The molecule has 152 valence electrons. The lowest BCUT2D eigenvalue weighted by molar-refractivity contribution is -0.120. The van der Waals surface area contributed by atoms with Gasteiger partial charge >= 0.3 is 0 Å². The molecule has 0 spiro atoms. The van der Waals surface area contributed by atoms with Crippen LogP contribution < -0.4 is 10.1 Å². The molecule has 0 fully saturated rings. The van der Waals surface area contributed by atoms with Gasteiger partial charge in [0.25, 0.3) is 5.91 Å². The van der Waals surface area contributed by atoms with Gasteiger partial charge in [-0.25, -0.2) is 9.97 Å². The van der Waals surface area contributed by atoms with Crippen LogP contribution in [-0.4, -0.2) is 50.9 Å². The first-order chi connectivity index (χ1) is 14.7. The maximum absolute atomic E-state index is 13.2. The van der Waals surface area contributed by atoms with Crippen molar-refractivity contribution in [2.45, 2.75) is 19.0 Å². The largest absolute Gasteiger partial charge is 0.475 e. The first kappa shape index (κ1) is 19.5. The Morgan fingerprint density at radius 3 is 2.77 bits per heavy atom. The Morgan fingerprint density at radius 1 is 1.13 bits per heavy atom. The Labute approximate surface area is 173 Å². The highest BCUT2D eigenvalue weighted by Gasteiger charge is 2.32. The first-order valence-corrected chi connectivity index (χ1v) is 9.65. The van der Waals surface area contributed by atoms with Crippen molar-refractivity contribution < 1.29 is 14.3 Å². The van der Waals surface area contributed by atoms with Crippen molar-refractivity contribution in [3.63, 3.8) is 0 Å². The summed E-state index contributed by atoms with van der Waals surface area (Å²) in [5.41, 5.74) is 1.98. The normalized spacial score (nSPS) is 15.7. The lowest BCUT2D eigenvalue weighted by Gasteiger charge is -2.29. The van der Waals surface area contributed by atoms with E-state index in [2.05, 4.69) is 20.3 Å². The Balaban J connectivity index is 1.50. The SMILES string of the molecule is O=C(Cc1ccccn1)NCC1COc2ncncc2C(=O)N1Cc1ccccc1. The predicted molar refractivity (Wildman–Crippen MR) is 109 cm³/mol. The van der Waals surface area contributed by atoms with E-state index in [1.807, 2.05) is 36.4 Å². The van der Waals surface area contributed by atoms with E-state index in [4.69, 9.17) is 4.74 Å². The molecule has 0 saturated heterocycles. The van der Waals surface area contributed by atoms with Crippen LogP contribution in [-0.2, 0) is 17.8 Å². The molecule has 8 heteroatoms. The molecule has 1 unspecified atom stereocenters. The highest BCUT2D eigenvalue weighted by atomic mass is 16.5. The maximum Gasteiger partial charge on any atom is 0.261 e. The molecule has 0 radical (unpaired) electrons. The zero-order chi connectivity index (χ0) is 20.8. The lowest BCUT2D eigenvalue weighted by atomic mass is 10.1. The summed E-state index contributed by atoms with van der Waals surface area (Å²) < 4.78 is 5.77. The van der Waals surface area contributed by atoms with Crippen molar-refractivity contribution in [1.29, 1.82) is 0 Å². The van der Waals surface area contributed by atoms with Crippen LogP contribution >= 0.6 is 0 Å². The quantitative estimate of drug-likeness (QED) is 0.672. The summed E-state index contributed by atoms with van der Waals surface area (Å²) in [4.78, 5) is 39.5. The maximum atomic E-state index is 13.2. The summed E-state index contributed by atoms with van der Waals surface area (Å²) in [5.74, 6) is -0.131. The fourth-order valence-electron chi connectivity index (χ4n) is 3.28. The van der Waals surface area contributed by atoms with E-state index in [1.165, 1.54) is 12.5 Å². The summed E-state index contributed by atoms with van der Waals surface area (Å²) >= 11 is 0. The molecular formula is C22H21N5O3. The molecule has 1 atom stereocenters. The van der Waals surface area contributed by atoms with Crippen LogP contribution in [0, 0.1) is 0 Å². The van der Waals surface area contributed by atoms with Gasteiger partial charge in [-0.3, -0.25) is 14.6 Å². The highest BCUT2D eigenvalue weighted by molar-refractivity contribution is 5.96. The number of nitrogens with zero attached hydrogens (tertiary/aromatic N) is 4. The molecule has 1 aliphatic heterocycles. The van der Waals surface area contributed by atoms with Crippen molar-refractivity contribution in [2.75, 3.05) is 13.2 Å². The Morgan fingerprint density at radius 2 is 1.97 bits per heavy atom. The van der Waals surface area contributed by atoms with Crippen LogP contribution in [0.1, 0.15) is 21.6 Å². The van der Waals surface area contributed by atoms with E-state index in [-0.39, 0.29) is 43.3 Å². The molecule has 0 bridgehead atoms. The van der Waals surface area contributed by atoms with E-state index >= 15 is 0 Å². The first-order valence-electron chi connectivity index (χ1n) is 9.65. The molecule has 3 aromatic rings. The van der Waals surface area contributed by atoms with Gasteiger partial charge < -0.3 is 15.0 Å². The Hall–Kier alpha value is -3.81. The third-order valence-corrected chi connectivity index (χ3v) is 4.82. The monoisotopic (exact) mass is 403 g/mol. The van der Waals surface area contributed by atoms with Gasteiger partial charge in [0.15, 0.2) is 0 Å². The van der Waals surface area contributed by atoms with Gasteiger partial charge in [-0.1, -0.05) is 36.4 Å². The Bertz CT molecular complexity index is 1010. The van der Waals surface area contributed by atoms with Crippen LogP contribution in [0.5, 0.6) is 5.88 Å². The highest BCUT2D eigenvalue weighted by Crippen LogP contribution is 2.23. The number of nitrogens with one attached hydrogen (secondary N) is 1. The number of carbonyl (C=O) groups excluding carboxylic acids is 2. The molecule has 1 aliphatic rings. The molecule has 1 aromatic carbocycles. The number of hydrogen-bond acceptors (Lipinski definition) is 6. The molecule has 30 heavy (non-hydrogen) atoms. The molecule has 0 aliphatic carbocycles. The summed E-state index contributed by atoms with van der Waals surface area (Å²) in [6, 6.07) is 14.8. The number of carbonyl (C=O) groups is 2. The van der Waals surface area contributed by atoms with Gasteiger partial charge in [0.2, 0.25) is 11.8 Å². The smallest absolute Gasteiger partial charge is 0.261 e. The minimum absolute atomic E-state index is 0.164. The van der Waals surface area contributed by atoms with Gasteiger partial charge in [0.1, 0.15) is 18.5 Å². The zero-order valence-electron chi connectivity index (χ0n) is 16.3. The number of ether oxygens (including phenoxy) is 1. The average Bonchev–Trinajstić information content (AvgIpc) is 2.91. The lowest BCUT2D eigenvalue weighted by Crippen LogP contribution is -2.48. The molecule has 2 aromatic heterocycles. The minimum atomic E-state index is -0.361. The number of fused-ring (bicyclic) bond motifs is 1. The summed E-state index contributed by atoms with van der Waals surface area (Å²) in [7, 11) is 0. The van der Waals surface area contributed by atoms with Crippen LogP contribution in [0.15, 0.2) is 67.3 Å². The second kappa shape index (κ2) is 9.13. The molecule has 2 amide bonds. The summed E-state index contributed by atoms with van der Waals surface area (Å²) in [6.07, 6.45) is 4.64. The molecule has 4 rings (SSSR count). The average molecular weight is 403 g/mol. The van der Waals surface area contributed by atoms with E-state index < -0.39 is 0 Å². The standard InChI is InChI=1S/C22H21N5O3/c28-20(10-17-8-4-5-9-24-17)25-11-18-14-30-21-19(12-23-15-26-21)22(29)27(18)13-16-6-2-1-3-7-16/h1-9,12,15,18H,10-11,13-14H2,(H,25,28). The second-order valence-electron chi connectivity index (χ2n) is 6.93. The molecule has 0 saturated carbocycles. The summed E-state index contributed by atoms with van der Waals surface area (Å²) in [5, 5.41) is 2.90. The van der Waals surface area contributed by atoms with Crippen molar-refractivity contribution in [1.82, 2.24) is 25.2 Å². The van der Waals surface area contributed by atoms with Crippen molar-refractivity contribution in [2.24, 2.45) is 0 Å². The van der Waals surface area contributed by atoms with Crippen LogP contribution in [0.4, 0.5) is 0 Å². The molecule has 3 heterocycles. The van der Waals surface area contributed by atoms with E-state index in [0.717, 1.165) is 5.56 Å². The Kier molecular flexibility index (Phi) is 5.93. The van der Waals surface area contributed by atoms with Crippen molar-refractivity contribution in [3.8, 4) is 5.88 Å². The fraction of sp³-hybridized carbons (Fsp3) is 0.227. The fourth-order valence-corrected chi connectivity index (χ4v) is 3.28. The zero-order valence-corrected chi connectivity index (χ0v) is 16.3. The number of hydrogen-bond donors (Lipinski definition) is 1. The van der Waals surface area contributed by atoms with Gasteiger partial charge in [0, 0.05) is 31.2 Å². The topological polar surface area (TPSA) is 97.3 Å². The van der Waals surface area contributed by atoms with Gasteiger partial charge in [-0.05, 0) is 17.7 Å². The van der Waals surface area contributed by atoms with Crippen LogP contribution in [0.3, 0.4) is 0 Å². The van der Waals surface area contributed by atoms with Gasteiger partial charge in [0.05, 0.1) is 12.5 Å². The van der Waals surface area contributed by atoms with E-state index in [1.54, 1.807) is 23.2 Å². The molecule has 8 nitrogen and oxygen atoms in total. The van der Waals surface area contributed by atoms with Crippen LogP contribution in [0.2, 0.25) is 0 Å². The van der Waals surface area contributed by atoms with Crippen molar-refractivity contribution in [3.05, 3.63) is 84.1 Å². The van der Waals surface area contributed by atoms with E-state index in [0.29, 0.717) is 17.8 Å².